The highest BCUT2D eigenvalue weighted by Gasteiger charge is 2.33. The summed E-state index contributed by atoms with van der Waals surface area (Å²) in [6.07, 6.45) is 6.45. The maximum atomic E-state index is 12.3. The summed E-state index contributed by atoms with van der Waals surface area (Å²) in [4.78, 5) is 13.8. The van der Waals surface area contributed by atoms with Crippen molar-refractivity contribution in [2.45, 2.75) is 56.2 Å². The van der Waals surface area contributed by atoms with E-state index >= 15 is 0 Å². The monoisotopic (exact) mass is 306 g/mol. The highest BCUT2D eigenvalue weighted by atomic mass is 35.5. The zero-order chi connectivity index (χ0) is 13.8. The van der Waals surface area contributed by atoms with Crippen LogP contribution in [-0.4, -0.2) is 36.2 Å². The molecular formula is C15H26Cl2NO+. The molecule has 1 heterocycles. The van der Waals surface area contributed by atoms with Gasteiger partial charge in [0.05, 0.1) is 18.5 Å². The average Bonchev–Trinajstić information content (AvgIpc) is 2.42. The molecule has 1 saturated carbocycles. The Kier molecular flexibility index (Phi) is 5.98. The number of quaternary nitrogens is 1. The number of carbonyl (C=O) groups excluding carboxylic acids is 1. The molecule has 110 valence electrons. The van der Waals surface area contributed by atoms with Gasteiger partial charge < -0.3 is 4.90 Å². The Balaban J connectivity index is 1.75. The number of nitrogens with one attached hydrogen (secondary N) is 1. The lowest BCUT2D eigenvalue weighted by atomic mass is 9.85. The van der Waals surface area contributed by atoms with Crippen LogP contribution in [0.5, 0.6) is 0 Å². The van der Waals surface area contributed by atoms with E-state index in [0.29, 0.717) is 12.3 Å². The molecule has 0 aromatic heterocycles. The van der Waals surface area contributed by atoms with E-state index in [1.54, 1.807) is 0 Å². The summed E-state index contributed by atoms with van der Waals surface area (Å²) in [5.41, 5.74) is 0. The highest BCUT2D eigenvalue weighted by molar-refractivity contribution is 6.30. The molecule has 0 bridgehead atoms. The molecule has 1 saturated heterocycles. The summed E-state index contributed by atoms with van der Waals surface area (Å²) in [5.74, 6) is 1.46. The Labute approximate surface area is 126 Å². The first-order valence-corrected chi connectivity index (χ1v) is 8.61. The van der Waals surface area contributed by atoms with Gasteiger partial charge >= 0.3 is 0 Å². The maximum Gasteiger partial charge on any atom is 0.189 e. The first-order chi connectivity index (χ1) is 9.10. The van der Waals surface area contributed by atoms with Crippen molar-refractivity contribution in [3.05, 3.63) is 0 Å². The number of rotatable bonds is 4. The number of halogens is 2. The first kappa shape index (κ1) is 15.6. The van der Waals surface area contributed by atoms with Crippen molar-refractivity contribution in [2.24, 2.45) is 11.8 Å². The lowest BCUT2D eigenvalue weighted by molar-refractivity contribution is -0.898. The normalized spacial score (nSPS) is 40.1. The van der Waals surface area contributed by atoms with Gasteiger partial charge in [-0.25, -0.2) is 0 Å². The van der Waals surface area contributed by atoms with Crippen LogP contribution in [0.3, 0.4) is 0 Å². The number of ketones is 1. The van der Waals surface area contributed by atoms with Crippen molar-refractivity contribution >= 4 is 29.0 Å². The van der Waals surface area contributed by atoms with Gasteiger partial charge in [-0.2, -0.15) is 0 Å². The molecule has 1 aliphatic carbocycles. The summed E-state index contributed by atoms with van der Waals surface area (Å²) < 4.78 is 0. The fourth-order valence-electron chi connectivity index (χ4n) is 3.43. The van der Waals surface area contributed by atoms with Gasteiger partial charge in [-0.1, -0.05) is 13.3 Å². The summed E-state index contributed by atoms with van der Waals surface area (Å²) in [5, 5.41) is 0.0311. The molecule has 19 heavy (non-hydrogen) atoms. The van der Waals surface area contributed by atoms with Gasteiger partial charge in [0.2, 0.25) is 0 Å². The van der Waals surface area contributed by atoms with Gasteiger partial charge in [0.25, 0.3) is 0 Å². The SMILES string of the molecule is CCC1CC[NH+](CC(=O)C2CCC(Cl)C(Cl)C2)CC1. The molecule has 4 heteroatoms. The van der Waals surface area contributed by atoms with Crippen molar-refractivity contribution in [1.82, 2.24) is 0 Å². The van der Waals surface area contributed by atoms with Crippen LogP contribution in [0, 0.1) is 11.8 Å². The Morgan fingerprint density at radius 2 is 1.79 bits per heavy atom. The van der Waals surface area contributed by atoms with Crippen molar-refractivity contribution < 1.29 is 9.69 Å². The highest BCUT2D eigenvalue weighted by Crippen LogP contribution is 2.31. The maximum absolute atomic E-state index is 12.3. The summed E-state index contributed by atoms with van der Waals surface area (Å²) in [6.45, 7) is 5.31. The van der Waals surface area contributed by atoms with E-state index in [4.69, 9.17) is 23.2 Å². The molecule has 1 N–H and O–H groups in total. The van der Waals surface area contributed by atoms with Crippen LogP contribution in [0.4, 0.5) is 0 Å². The van der Waals surface area contributed by atoms with Gasteiger partial charge in [0.1, 0.15) is 6.54 Å². The van der Waals surface area contributed by atoms with Gasteiger partial charge in [0.15, 0.2) is 5.78 Å². The molecule has 2 fully saturated rings. The molecule has 0 aromatic carbocycles. The first-order valence-electron chi connectivity index (χ1n) is 7.74. The minimum Gasteiger partial charge on any atom is -0.329 e. The Morgan fingerprint density at radius 1 is 1.11 bits per heavy atom. The molecule has 3 atom stereocenters. The second-order valence-corrected chi connectivity index (χ2v) is 7.41. The molecule has 2 nitrogen and oxygen atoms in total. The molecule has 0 spiro atoms. The molecule has 0 radical (unpaired) electrons. The average molecular weight is 307 g/mol. The van der Waals surface area contributed by atoms with Gasteiger partial charge in [-0.3, -0.25) is 4.79 Å². The van der Waals surface area contributed by atoms with Crippen molar-refractivity contribution in [2.75, 3.05) is 19.6 Å². The van der Waals surface area contributed by atoms with Crippen molar-refractivity contribution in [1.29, 1.82) is 0 Å². The van der Waals surface area contributed by atoms with Crippen molar-refractivity contribution in [3.63, 3.8) is 0 Å². The summed E-state index contributed by atoms with van der Waals surface area (Å²) in [7, 11) is 0. The number of alkyl halides is 2. The largest absolute Gasteiger partial charge is 0.329 e. The topological polar surface area (TPSA) is 21.5 Å². The van der Waals surface area contributed by atoms with Crippen LogP contribution in [0.1, 0.15) is 45.4 Å². The van der Waals surface area contributed by atoms with Gasteiger partial charge in [-0.15, -0.1) is 23.2 Å². The number of Topliss-reactive ketones (excluding diaryl/α,β-unsaturated/α-hetero) is 1. The van der Waals surface area contributed by atoms with E-state index in [-0.39, 0.29) is 16.7 Å². The number of carbonyl (C=O) groups is 1. The third-order valence-corrected chi connectivity index (χ3v) is 6.10. The van der Waals surface area contributed by atoms with Crippen LogP contribution in [0.2, 0.25) is 0 Å². The third kappa shape index (κ3) is 4.34. The second-order valence-electron chi connectivity index (χ2n) is 6.29. The lowest BCUT2D eigenvalue weighted by Crippen LogP contribution is -3.14. The Bertz CT molecular complexity index is 303. The lowest BCUT2D eigenvalue weighted by Gasteiger charge is -2.31. The quantitative estimate of drug-likeness (QED) is 0.791. The molecule has 1 aliphatic heterocycles. The minimum atomic E-state index is -0.0230. The number of hydrogen-bond acceptors (Lipinski definition) is 1. The second kappa shape index (κ2) is 7.28. The van der Waals surface area contributed by atoms with E-state index in [1.807, 2.05) is 0 Å². The number of piperidine rings is 1. The molecule has 2 rings (SSSR count). The smallest absolute Gasteiger partial charge is 0.189 e. The van der Waals surface area contributed by atoms with Crippen LogP contribution in [0.25, 0.3) is 0 Å². The van der Waals surface area contributed by atoms with Gasteiger partial charge in [0, 0.05) is 11.3 Å². The van der Waals surface area contributed by atoms with E-state index in [0.717, 1.165) is 25.2 Å². The van der Waals surface area contributed by atoms with E-state index < -0.39 is 0 Å². The molecule has 0 amide bonds. The predicted octanol–water partition coefficient (Wildman–Crippen LogP) is 2.28. The Morgan fingerprint density at radius 3 is 2.37 bits per heavy atom. The summed E-state index contributed by atoms with van der Waals surface area (Å²) >= 11 is 12.3. The predicted molar refractivity (Wildman–Crippen MR) is 80.2 cm³/mol. The molecule has 0 aromatic rings. The molecule has 2 aliphatic rings. The molecular weight excluding hydrogens is 281 g/mol. The summed E-state index contributed by atoms with van der Waals surface area (Å²) in [6, 6.07) is 0. The third-order valence-electron chi connectivity index (χ3n) is 4.96. The van der Waals surface area contributed by atoms with Crippen LogP contribution in [0.15, 0.2) is 0 Å². The van der Waals surface area contributed by atoms with E-state index in [9.17, 15) is 4.79 Å². The number of likely N-dealkylation sites (tertiary alicyclic amines) is 1. The fraction of sp³-hybridized carbons (Fsp3) is 0.933. The van der Waals surface area contributed by atoms with E-state index in [1.165, 1.54) is 37.3 Å². The van der Waals surface area contributed by atoms with Crippen molar-refractivity contribution in [3.8, 4) is 0 Å². The van der Waals surface area contributed by atoms with E-state index in [2.05, 4.69) is 6.92 Å². The standard InChI is InChI=1S/C15H25Cl2NO/c1-2-11-5-7-18(8-6-11)10-15(19)12-3-4-13(16)14(17)9-12/h11-14H,2-10H2,1H3/p+1. The van der Waals surface area contributed by atoms with Crippen LogP contribution in [-0.2, 0) is 4.79 Å². The van der Waals surface area contributed by atoms with Crippen LogP contribution >= 0.6 is 23.2 Å². The molecule has 3 unspecified atom stereocenters. The van der Waals surface area contributed by atoms with Gasteiger partial charge in [-0.05, 0) is 38.0 Å². The minimum absolute atomic E-state index is 0.0230. The fourth-order valence-corrected chi connectivity index (χ4v) is 4.00. The van der Waals surface area contributed by atoms with Crippen LogP contribution < -0.4 is 4.90 Å². The zero-order valence-corrected chi connectivity index (χ0v) is 13.3. The number of hydrogen-bond donors (Lipinski definition) is 1. The zero-order valence-electron chi connectivity index (χ0n) is 11.8. The Hall–Kier alpha value is 0.210.